The van der Waals surface area contributed by atoms with Crippen molar-refractivity contribution < 1.29 is 28.7 Å². The predicted octanol–water partition coefficient (Wildman–Crippen LogP) is 1.86. The minimum absolute atomic E-state index is 0.0190. The monoisotopic (exact) mass is 350 g/mol. The molecule has 1 heterocycles. The summed E-state index contributed by atoms with van der Waals surface area (Å²) < 4.78 is 22.4. The minimum Gasteiger partial charge on any atom is -0.338 e. The maximum atomic E-state index is 11.2. The van der Waals surface area contributed by atoms with E-state index in [1.54, 1.807) is 29.6 Å². The molecule has 0 saturated heterocycles. The molecule has 2 aromatic rings. The maximum absolute atomic E-state index is 11.2. The van der Waals surface area contributed by atoms with E-state index in [1.165, 1.54) is 0 Å². The van der Waals surface area contributed by atoms with Crippen LogP contribution in [0.15, 0.2) is 35.7 Å². The van der Waals surface area contributed by atoms with Crippen molar-refractivity contribution in [1.82, 2.24) is 4.98 Å². The molecule has 5 N–H and O–H groups in total. The van der Waals surface area contributed by atoms with Crippen LogP contribution in [0.1, 0.15) is 0 Å². The lowest BCUT2D eigenvalue weighted by molar-refractivity contribution is 0.343. The van der Waals surface area contributed by atoms with Gasteiger partial charge in [0.1, 0.15) is 0 Å². The highest BCUT2D eigenvalue weighted by molar-refractivity contribution is 7.71. The highest BCUT2D eigenvalue weighted by Gasteiger charge is 2.44. The van der Waals surface area contributed by atoms with Gasteiger partial charge in [-0.3, -0.25) is 9.13 Å². The summed E-state index contributed by atoms with van der Waals surface area (Å²) in [7, 11) is -10.1. The Labute approximate surface area is 123 Å². The van der Waals surface area contributed by atoms with E-state index in [0.717, 1.165) is 16.9 Å². The average Bonchev–Trinajstić information content (AvgIpc) is 2.83. The third-order valence-electron chi connectivity index (χ3n) is 2.46. The van der Waals surface area contributed by atoms with Crippen LogP contribution < -0.4 is 5.32 Å². The third-order valence-corrected chi connectivity index (χ3v) is 6.57. The number of nitrogens with one attached hydrogen (secondary N) is 1. The van der Waals surface area contributed by atoms with Gasteiger partial charge in [0.2, 0.25) is 5.52 Å². The van der Waals surface area contributed by atoms with Gasteiger partial charge in [-0.1, -0.05) is 30.3 Å². The fraction of sp³-hybridized carbons (Fsp3) is 0.100. The molecule has 0 amide bonds. The van der Waals surface area contributed by atoms with Crippen molar-refractivity contribution in [2.75, 3.05) is 5.32 Å². The van der Waals surface area contributed by atoms with Crippen LogP contribution in [-0.2, 0) is 9.13 Å². The Morgan fingerprint density at radius 1 is 1.05 bits per heavy atom. The molecule has 0 aliphatic rings. The first-order valence-electron chi connectivity index (χ1n) is 5.56. The molecule has 1 aromatic heterocycles. The van der Waals surface area contributed by atoms with Crippen molar-refractivity contribution in [3.05, 3.63) is 35.7 Å². The van der Waals surface area contributed by atoms with Crippen LogP contribution in [0, 0.1) is 0 Å². The van der Waals surface area contributed by atoms with E-state index in [4.69, 9.17) is 19.6 Å². The number of hydrogen-bond donors (Lipinski definition) is 5. The minimum atomic E-state index is -5.03. The number of nitrogens with zero attached hydrogens (tertiary/aromatic N) is 1. The molecule has 0 saturated carbocycles. The van der Waals surface area contributed by atoms with Crippen LogP contribution in [0.25, 0.3) is 11.3 Å². The number of thiazole rings is 1. The molecule has 0 radical (unpaired) electrons. The molecule has 0 unspecified atom stereocenters. The Morgan fingerprint density at radius 2 is 1.62 bits per heavy atom. The summed E-state index contributed by atoms with van der Waals surface area (Å²) in [5.41, 5.74) is -0.983. The van der Waals surface area contributed by atoms with Gasteiger partial charge in [-0.25, -0.2) is 4.98 Å². The van der Waals surface area contributed by atoms with Gasteiger partial charge < -0.3 is 24.9 Å². The van der Waals surface area contributed by atoms with Crippen molar-refractivity contribution >= 4 is 31.7 Å². The zero-order chi connectivity index (χ0) is 15.7. The van der Waals surface area contributed by atoms with E-state index in [1.807, 2.05) is 6.07 Å². The maximum Gasteiger partial charge on any atom is 0.360 e. The van der Waals surface area contributed by atoms with Gasteiger partial charge >= 0.3 is 15.2 Å². The van der Waals surface area contributed by atoms with Gasteiger partial charge in [0.15, 0.2) is 5.13 Å². The fourth-order valence-corrected chi connectivity index (χ4v) is 4.63. The average molecular weight is 350 g/mol. The van der Waals surface area contributed by atoms with Gasteiger partial charge in [-0.2, -0.15) is 0 Å². The summed E-state index contributed by atoms with van der Waals surface area (Å²) in [6.45, 7) is 0. The molecule has 8 nitrogen and oxygen atoms in total. The predicted molar refractivity (Wildman–Crippen MR) is 79.0 cm³/mol. The molecule has 1 aromatic carbocycles. The number of hydrogen-bond acceptors (Lipinski definition) is 5. The Balaban J connectivity index is 2.26. The molecule has 0 spiro atoms. The summed E-state index contributed by atoms with van der Waals surface area (Å²) >= 11 is 0.996. The quantitative estimate of drug-likeness (QED) is 0.515. The highest BCUT2D eigenvalue weighted by Crippen LogP contribution is 2.59. The number of rotatable bonds is 5. The van der Waals surface area contributed by atoms with E-state index in [0.29, 0.717) is 5.69 Å². The van der Waals surface area contributed by atoms with E-state index in [9.17, 15) is 9.13 Å². The third kappa shape index (κ3) is 4.21. The molecule has 0 bridgehead atoms. The van der Waals surface area contributed by atoms with Crippen molar-refractivity contribution in [3.8, 4) is 11.3 Å². The SMILES string of the molecule is O=P(O)(O)C(Nc1nc(-c2ccccc2)cs1)P(=O)(O)O. The van der Waals surface area contributed by atoms with Crippen LogP contribution in [0.4, 0.5) is 5.13 Å². The topological polar surface area (TPSA) is 140 Å². The summed E-state index contributed by atoms with van der Waals surface area (Å²) in [4.78, 5) is 40.2. The van der Waals surface area contributed by atoms with E-state index in [-0.39, 0.29) is 5.13 Å². The Kier molecular flexibility index (Phi) is 4.65. The molecule has 11 heteroatoms. The zero-order valence-electron chi connectivity index (χ0n) is 10.4. The van der Waals surface area contributed by atoms with Gasteiger partial charge in [0.25, 0.3) is 0 Å². The molecular formula is C10H12N2O6P2S. The van der Waals surface area contributed by atoms with Gasteiger partial charge in [0, 0.05) is 10.9 Å². The first kappa shape index (κ1) is 16.3. The molecule has 0 fully saturated rings. The van der Waals surface area contributed by atoms with Crippen molar-refractivity contribution in [2.45, 2.75) is 5.52 Å². The standard InChI is InChI=1S/C10H12N2O6P2S/c13-19(14,15)10(20(16,17)18)12-9-11-8(6-21-9)7-4-2-1-3-5-7/h1-6,10H,(H,11,12)(H2,13,14,15)(H2,16,17,18). The normalized spacial score (nSPS) is 12.6. The molecular weight excluding hydrogens is 338 g/mol. The fourth-order valence-electron chi connectivity index (χ4n) is 1.56. The Morgan fingerprint density at radius 3 is 2.14 bits per heavy atom. The summed E-state index contributed by atoms with van der Waals surface area (Å²) in [5.74, 6) is 0. The van der Waals surface area contributed by atoms with Crippen molar-refractivity contribution in [3.63, 3.8) is 0 Å². The van der Waals surface area contributed by atoms with Crippen molar-refractivity contribution in [1.29, 1.82) is 0 Å². The second-order valence-corrected chi connectivity index (χ2v) is 8.75. The van der Waals surface area contributed by atoms with Gasteiger partial charge in [0.05, 0.1) is 5.69 Å². The summed E-state index contributed by atoms with van der Waals surface area (Å²) in [6, 6.07) is 9.02. The van der Waals surface area contributed by atoms with Crippen molar-refractivity contribution in [2.24, 2.45) is 0 Å². The molecule has 0 atom stereocenters. The second kappa shape index (κ2) is 5.98. The number of anilines is 1. The van der Waals surface area contributed by atoms with Crippen LogP contribution in [0.5, 0.6) is 0 Å². The first-order valence-corrected chi connectivity index (χ1v) is 9.80. The van der Waals surface area contributed by atoms with Crippen LogP contribution in [0.3, 0.4) is 0 Å². The molecule has 0 aliphatic carbocycles. The largest absolute Gasteiger partial charge is 0.360 e. The molecule has 0 aliphatic heterocycles. The van der Waals surface area contributed by atoms with Crippen LogP contribution in [-0.4, -0.2) is 30.1 Å². The molecule has 21 heavy (non-hydrogen) atoms. The van der Waals surface area contributed by atoms with E-state index in [2.05, 4.69) is 10.3 Å². The lowest BCUT2D eigenvalue weighted by Gasteiger charge is -2.19. The zero-order valence-corrected chi connectivity index (χ0v) is 13.0. The first-order chi connectivity index (χ1) is 9.68. The summed E-state index contributed by atoms with van der Waals surface area (Å²) in [5, 5.41) is 3.77. The van der Waals surface area contributed by atoms with E-state index >= 15 is 0 Å². The summed E-state index contributed by atoms with van der Waals surface area (Å²) in [6.07, 6.45) is 0. The smallest absolute Gasteiger partial charge is 0.338 e. The van der Waals surface area contributed by atoms with Gasteiger partial charge in [-0.05, 0) is 0 Å². The molecule has 2 rings (SSSR count). The van der Waals surface area contributed by atoms with Crippen LogP contribution in [0.2, 0.25) is 0 Å². The van der Waals surface area contributed by atoms with E-state index < -0.39 is 20.7 Å². The molecule has 114 valence electrons. The number of aromatic nitrogens is 1. The Hall–Kier alpha value is -1.05. The second-order valence-electron chi connectivity index (χ2n) is 4.10. The van der Waals surface area contributed by atoms with Gasteiger partial charge in [-0.15, -0.1) is 11.3 Å². The Bertz CT molecular complexity index is 687. The highest BCUT2D eigenvalue weighted by atomic mass is 32.1. The van der Waals surface area contributed by atoms with Crippen LogP contribution >= 0.6 is 26.5 Å². The lowest BCUT2D eigenvalue weighted by Crippen LogP contribution is -2.19. The lowest BCUT2D eigenvalue weighted by atomic mass is 10.2. The number of benzene rings is 1.